The highest BCUT2D eigenvalue weighted by atomic mass is 32.2. The third-order valence-corrected chi connectivity index (χ3v) is 7.03. The number of fused-ring (bicyclic) bond motifs is 2. The molecule has 3 aromatic carbocycles. The van der Waals surface area contributed by atoms with Gasteiger partial charge in [0.15, 0.2) is 15.9 Å². The van der Waals surface area contributed by atoms with Gasteiger partial charge in [-0.05, 0) is 30.3 Å². The van der Waals surface area contributed by atoms with Gasteiger partial charge in [-0.1, -0.05) is 59.5 Å². The van der Waals surface area contributed by atoms with E-state index in [1.54, 1.807) is 54.6 Å². The van der Waals surface area contributed by atoms with Crippen LogP contribution in [0, 0.1) is 5.82 Å². The van der Waals surface area contributed by atoms with E-state index in [2.05, 4.69) is 20.8 Å². The third-order valence-electron chi connectivity index (χ3n) is 5.06. The van der Waals surface area contributed by atoms with Crippen molar-refractivity contribution >= 4 is 57.1 Å². The molecule has 0 fully saturated rings. The van der Waals surface area contributed by atoms with E-state index in [1.807, 2.05) is 0 Å². The van der Waals surface area contributed by atoms with Crippen LogP contribution in [0.3, 0.4) is 0 Å². The van der Waals surface area contributed by atoms with Crippen LogP contribution in [0.4, 0.5) is 20.9 Å². The highest BCUT2D eigenvalue weighted by molar-refractivity contribution is 8.01. The summed E-state index contributed by atoms with van der Waals surface area (Å²) in [6.07, 6.45) is 0. The van der Waals surface area contributed by atoms with Crippen molar-refractivity contribution < 1.29 is 18.8 Å². The van der Waals surface area contributed by atoms with E-state index in [4.69, 9.17) is 0 Å². The van der Waals surface area contributed by atoms with Gasteiger partial charge in [0.1, 0.15) is 5.82 Å². The van der Waals surface area contributed by atoms with Gasteiger partial charge in [0.2, 0.25) is 11.0 Å². The summed E-state index contributed by atoms with van der Waals surface area (Å²) >= 11 is 2.38. The second kappa shape index (κ2) is 9.16. The summed E-state index contributed by atoms with van der Waals surface area (Å²) in [6.45, 7) is 0. The van der Waals surface area contributed by atoms with Crippen LogP contribution in [0.5, 0.6) is 0 Å². The number of para-hydroxylation sites is 1. The minimum absolute atomic E-state index is 0.0567. The molecule has 10 heteroatoms. The van der Waals surface area contributed by atoms with E-state index in [0.29, 0.717) is 31.8 Å². The number of ketones is 2. The number of amides is 1. The van der Waals surface area contributed by atoms with Crippen molar-refractivity contribution in [1.82, 2.24) is 10.2 Å². The molecule has 1 amide bonds. The largest absolute Gasteiger partial charge is 0.328 e. The molecule has 0 aliphatic heterocycles. The Morgan fingerprint density at radius 1 is 0.882 bits per heavy atom. The molecule has 0 saturated heterocycles. The molecule has 4 aromatic rings. The average Bonchev–Trinajstić information content (AvgIpc) is 3.30. The number of nitrogens with one attached hydrogen (secondary N) is 2. The van der Waals surface area contributed by atoms with Crippen LogP contribution in [0.2, 0.25) is 0 Å². The molecule has 1 aliphatic carbocycles. The maximum absolute atomic E-state index is 13.8. The molecule has 0 radical (unpaired) electrons. The van der Waals surface area contributed by atoms with Gasteiger partial charge in [-0.2, -0.15) is 0 Å². The Labute approximate surface area is 201 Å². The van der Waals surface area contributed by atoms with E-state index >= 15 is 0 Å². The highest BCUT2D eigenvalue weighted by Gasteiger charge is 2.29. The molecule has 0 saturated carbocycles. The minimum Gasteiger partial charge on any atom is -0.328 e. The number of rotatable bonds is 6. The molecule has 1 aromatic heterocycles. The zero-order valence-electron chi connectivity index (χ0n) is 17.4. The molecule has 34 heavy (non-hydrogen) atoms. The first-order chi connectivity index (χ1) is 16.5. The van der Waals surface area contributed by atoms with Gasteiger partial charge in [0.25, 0.3) is 0 Å². The molecule has 1 aliphatic rings. The fraction of sp³-hybridized carbons (Fsp3) is 0.0417. The molecule has 5 rings (SSSR count). The second-order valence-electron chi connectivity index (χ2n) is 7.28. The maximum Gasteiger partial charge on any atom is 0.234 e. The van der Waals surface area contributed by atoms with Gasteiger partial charge in [0.05, 0.1) is 11.4 Å². The summed E-state index contributed by atoms with van der Waals surface area (Å²) in [5.41, 5.74) is 2.03. The van der Waals surface area contributed by atoms with Crippen molar-refractivity contribution in [2.45, 2.75) is 4.34 Å². The quantitative estimate of drug-likeness (QED) is 0.326. The van der Waals surface area contributed by atoms with Gasteiger partial charge >= 0.3 is 0 Å². The molecule has 2 N–H and O–H groups in total. The predicted octanol–water partition coefficient (Wildman–Crippen LogP) is 4.93. The molecular formula is C24H15FN4O3S2. The van der Waals surface area contributed by atoms with Crippen molar-refractivity contribution in [2.75, 3.05) is 16.4 Å². The molecule has 0 unspecified atom stereocenters. The molecule has 7 nitrogen and oxygen atoms in total. The first-order valence-electron chi connectivity index (χ1n) is 10.1. The van der Waals surface area contributed by atoms with Crippen molar-refractivity contribution in [2.24, 2.45) is 0 Å². The Balaban J connectivity index is 1.22. The summed E-state index contributed by atoms with van der Waals surface area (Å²) in [5.74, 6) is -1.12. The van der Waals surface area contributed by atoms with Crippen molar-refractivity contribution in [3.63, 3.8) is 0 Å². The summed E-state index contributed by atoms with van der Waals surface area (Å²) < 4.78 is 14.3. The third kappa shape index (κ3) is 4.33. The lowest BCUT2D eigenvalue weighted by molar-refractivity contribution is -0.113. The molecule has 0 spiro atoms. The zero-order valence-corrected chi connectivity index (χ0v) is 19.0. The number of thioether (sulfide) groups is 1. The Hall–Kier alpha value is -3.89. The van der Waals surface area contributed by atoms with Crippen LogP contribution in [0.1, 0.15) is 31.8 Å². The molecule has 0 atom stereocenters. The molecule has 168 valence electrons. The monoisotopic (exact) mass is 490 g/mol. The first kappa shape index (κ1) is 21.9. The number of benzene rings is 3. The van der Waals surface area contributed by atoms with Crippen LogP contribution in [0.15, 0.2) is 71.1 Å². The predicted molar refractivity (Wildman–Crippen MR) is 129 cm³/mol. The van der Waals surface area contributed by atoms with Crippen molar-refractivity contribution in [3.05, 3.63) is 94.8 Å². The number of aromatic nitrogens is 2. The summed E-state index contributed by atoms with van der Waals surface area (Å²) in [4.78, 5) is 38.0. The number of hydrogen-bond donors (Lipinski definition) is 2. The second-order valence-corrected chi connectivity index (χ2v) is 9.48. The van der Waals surface area contributed by atoms with E-state index in [1.165, 1.54) is 35.2 Å². The topological polar surface area (TPSA) is 101 Å². The zero-order chi connectivity index (χ0) is 23.7. The van der Waals surface area contributed by atoms with Crippen LogP contribution < -0.4 is 10.6 Å². The number of carbonyl (C=O) groups is 3. The average molecular weight is 491 g/mol. The van der Waals surface area contributed by atoms with Crippen LogP contribution >= 0.6 is 23.1 Å². The first-order valence-corrected chi connectivity index (χ1v) is 11.9. The minimum atomic E-state index is -0.403. The summed E-state index contributed by atoms with van der Waals surface area (Å²) in [6, 6.07) is 17.6. The highest BCUT2D eigenvalue weighted by Crippen LogP contribution is 2.30. The lowest BCUT2D eigenvalue weighted by Gasteiger charge is -2.18. The van der Waals surface area contributed by atoms with Crippen molar-refractivity contribution in [3.8, 4) is 0 Å². The SMILES string of the molecule is O=C(CSc1nnc(Nc2ccccc2F)s1)Nc1ccc2c(c1)C(=O)c1ccccc1C2=O. The lowest BCUT2D eigenvalue weighted by Crippen LogP contribution is -2.21. The van der Waals surface area contributed by atoms with Gasteiger partial charge in [-0.25, -0.2) is 4.39 Å². The fourth-order valence-corrected chi connectivity index (χ4v) is 5.06. The van der Waals surface area contributed by atoms with Crippen LogP contribution in [-0.2, 0) is 4.79 Å². The standard InChI is InChI=1S/C24H15FN4O3S2/c25-18-7-3-4-8-19(18)27-23-28-29-24(34-23)33-12-20(30)26-13-9-10-16-17(11-13)22(32)15-6-2-1-5-14(15)21(16)31/h1-11H,12H2,(H,26,30)(H,27,28). The smallest absolute Gasteiger partial charge is 0.234 e. The Bertz CT molecular complexity index is 1450. The van der Waals surface area contributed by atoms with Gasteiger partial charge < -0.3 is 10.6 Å². The van der Waals surface area contributed by atoms with E-state index in [9.17, 15) is 18.8 Å². The Kier molecular flexibility index (Phi) is 5.91. The maximum atomic E-state index is 13.8. The lowest BCUT2D eigenvalue weighted by atomic mass is 9.84. The number of halogens is 1. The van der Waals surface area contributed by atoms with E-state index < -0.39 is 5.82 Å². The number of nitrogens with zero attached hydrogens (tertiary/aromatic N) is 2. The summed E-state index contributed by atoms with van der Waals surface area (Å²) in [5, 5.41) is 14.0. The van der Waals surface area contributed by atoms with Gasteiger partial charge in [0, 0.05) is 27.9 Å². The molecule has 1 heterocycles. The van der Waals surface area contributed by atoms with Crippen LogP contribution in [-0.4, -0.2) is 33.4 Å². The molecule has 0 bridgehead atoms. The van der Waals surface area contributed by atoms with Gasteiger partial charge in [-0.15, -0.1) is 10.2 Å². The van der Waals surface area contributed by atoms with Gasteiger partial charge in [-0.3, -0.25) is 14.4 Å². The normalized spacial score (nSPS) is 12.1. The van der Waals surface area contributed by atoms with Crippen LogP contribution in [0.25, 0.3) is 0 Å². The number of hydrogen-bond acceptors (Lipinski definition) is 8. The Morgan fingerprint density at radius 2 is 1.56 bits per heavy atom. The van der Waals surface area contributed by atoms with E-state index in [-0.39, 0.29) is 34.5 Å². The Morgan fingerprint density at radius 3 is 2.32 bits per heavy atom. The fourth-order valence-electron chi connectivity index (χ4n) is 3.50. The van der Waals surface area contributed by atoms with Crippen molar-refractivity contribution in [1.29, 1.82) is 0 Å². The molecular weight excluding hydrogens is 475 g/mol. The number of anilines is 3. The van der Waals surface area contributed by atoms with E-state index in [0.717, 1.165) is 0 Å². The summed E-state index contributed by atoms with van der Waals surface area (Å²) in [7, 11) is 0. The number of carbonyl (C=O) groups excluding carboxylic acids is 3.